The van der Waals surface area contributed by atoms with Crippen molar-refractivity contribution in [3.05, 3.63) is 34.6 Å². The van der Waals surface area contributed by atoms with Gasteiger partial charge in [-0.05, 0) is 30.5 Å². The minimum atomic E-state index is -0.596. The van der Waals surface area contributed by atoms with Gasteiger partial charge in [-0.25, -0.2) is 4.39 Å². The Labute approximate surface area is 120 Å². The molecule has 100 valence electrons. The fourth-order valence-electron chi connectivity index (χ4n) is 1.61. The van der Waals surface area contributed by atoms with E-state index in [4.69, 9.17) is 11.6 Å². The molecule has 0 saturated carbocycles. The van der Waals surface area contributed by atoms with Crippen molar-refractivity contribution >= 4 is 33.4 Å². The molecule has 0 spiro atoms. The van der Waals surface area contributed by atoms with Gasteiger partial charge < -0.3 is 5.32 Å². The van der Waals surface area contributed by atoms with Gasteiger partial charge in [0.05, 0.1) is 5.56 Å². The van der Waals surface area contributed by atoms with Crippen LogP contribution in [0.25, 0.3) is 0 Å². The summed E-state index contributed by atoms with van der Waals surface area (Å²) in [6, 6.07) is 4.07. The predicted octanol–water partition coefficient (Wildman–Crippen LogP) is 4.02. The third-order valence-electron chi connectivity index (χ3n) is 2.72. The van der Waals surface area contributed by atoms with Crippen molar-refractivity contribution in [2.24, 2.45) is 5.92 Å². The van der Waals surface area contributed by atoms with E-state index in [1.807, 2.05) is 13.8 Å². The first-order chi connectivity index (χ1) is 8.45. The van der Waals surface area contributed by atoms with E-state index in [1.54, 1.807) is 0 Å². The highest BCUT2D eigenvalue weighted by atomic mass is 79.9. The lowest BCUT2D eigenvalue weighted by molar-refractivity contribution is 0.0921. The van der Waals surface area contributed by atoms with Crippen LogP contribution in [0, 0.1) is 11.7 Å². The maximum atomic E-state index is 13.6. The fraction of sp³-hybridized carbons (Fsp3) is 0.462. The van der Waals surface area contributed by atoms with Crippen LogP contribution in [-0.4, -0.2) is 17.3 Å². The second-order valence-electron chi connectivity index (χ2n) is 4.43. The molecule has 0 saturated heterocycles. The average molecular weight is 337 g/mol. The van der Waals surface area contributed by atoms with Gasteiger partial charge in [0.1, 0.15) is 5.82 Å². The first-order valence-corrected chi connectivity index (χ1v) is 7.27. The van der Waals surface area contributed by atoms with Crippen LogP contribution in [0.4, 0.5) is 4.39 Å². The summed E-state index contributed by atoms with van der Waals surface area (Å²) in [4.78, 5) is 12.0. The summed E-state index contributed by atoms with van der Waals surface area (Å²) in [5.74, 6) is -0.702. The van der Waals surface area contributed by atoms with Gasteiger partial charge in [0.2, 0.25) is 0 Å². The molecule has 0 fully saturated rings. The lowest BCUT2D eigenvalue weighted by Gasteiger charge is -2.21. The van der Waals surface area contributed by atoms with Crippen LogP contribution in [0.2, 0.25) is 5.02 Å². The molecule has 1 rings (SSSR count). The van der Waals surface area contributed by atoms with Crippen molar-refractivity contribution in [3.8, 4) is 0 Å². The highest BCUT2D eigenvalue weighted by Crippen LogP contribution is 2.16. The molecule has 2 nitrogen and oxygen atoms in total. The molecule has 0 aliphatic rings. The van der Waals surface area contributed by atoms with Gasteiger partial charge >= 0.3 is 0 Å². The van der Waals surface area contributed by atoms with Crippen molar-refractivity contribution in [2.45, 2.75) is 26.3 Å². The van der Waals surface area contributed by atoms with Crippen molar-refractivity contribution in [2.75, 3.05) is 5.33 Å². The van der Waals surface area contributed by atoms with Gasteiger partial charge in [-0.2, -0.15) is 0 Å². The second-order valence-corrected chi connectivity index (χ2v) is 5.66. The summed E-state index contributed by atoms with van der Waals surface area (Å²) >= 11 is 9.00. The Morgan fingerprint density at radius 2 is 2.17 bits per heavy atom. The van der Waals surface area contributed by atoms with E-state index >= 15 is 0 Å². The number of alkyl halides is 1. The van der Waals surface area contributed by atoms with Gasteiger partial charge in [-0.15, -0.1) is 0 Å². The Morgan fingerprint density at radius 1 is 1.50 bits per heavy atom. The van der Waals surface area contributed by atoms with Crippen LogP contribution in [-0.2, 0) is 0 Å². The van der Waals surface area contributed by atoms with Crippen LogP contribution in [0.15, 0.2) is 18.2 Å². The fourth-order valence-corrected chi connectivity index (χ4v) is 2.26. The monoisotopic (exact) mass is 335 g/mol. The highest BCUT2D eigenvalue weighted by molar-refractivity contribution is 9.09. The van der Waals surface area contributed by atoms with E-state index in [1.165, 1.54) is 12.1 Å². The van der Waals surface area contributed by atoms with Gasteiger partial charge in [0, 0.05) is 16.4 Å². The summed E-state index contributed by atoms with van der Waals surface area (Å²) in [5, 5.41) is 3.92. The van der Waals surface area contributed by atoms with Crippen LogP contribution >= 0.6 is 27.5 Å². The minimum absolute atomic E-state index is 0.0203. The third-order valence-corrected chi connectivity index (χ3v) is 3.41. The average Bonchev–Trinajstić information content (AvgIpc) is 2.27. The molecule has 1 aromatic carbocycles. The molecule has 0 aromatic heterocycles. The van der Waals surface area contributed by atoms with Gasteiger partial charge in [0.15, 0.2) is 0 Å². The summed E-state index contributed by atoms with van der Waals surface area (Å²) in [6.45, 7) is 4.04. The molecule has 1 unspecified atom stereocenters. The molecule has 0 aliphatic carbocycles. The van der Waals surface area contributed by atoms with E-state index in [0.29, 0.717) is 5.92 Å². The normalized spacial score (nSPS) is 12.6. The van der Waals surface area contributed by atoms with Crippen molar-refractivity contribution in [1.29, 1.82) is 0 Å². The largest absolute Gasteiger partial charge is 0.349 e. The van der Waals surface area contributed by atoms with Crippen LogP contribution in [0.1, 0.15) is 30.6 Å². The summed E-state index contributed by atoms with van der Waals surface area (Å²) < 4.78 is 13.6. The molecule has 0 heterocycles. The van der Waals surface area contributed by atoms with Gasteiger partial charge in [-0.3, -0.25) is 4.79 Å². The molecule has 1 N–H and O–H groups in total. The zero-order valence-electron chi connectivity index (χ0n) is 10.3. The maximum Gasteiger partial charge on any atom is 0.254 e. The number of amides is 1. The predicted molar refractivity (Wildman–Crippen MR) is 75.9 cm³/mol. The molecule has 18 heavy (non-hydrogen) atoms. The number of benzene rings is 1. The van der Waals surface area contributed by atoms with Crippen LogP contribution in [0.5, 0.6) is 0 Å². The van der Waals surface area contributed by atoms with Crippen LogP contribution in [0.3, 0.4) is 0 Å². The molecule has 0 bridgehead atoms. The topological polar surface area (TPSA) is 29.1 Å². The number of hydrogen-bond acceptors (Lipinski definition) is 1. The number of carbonyl (C=O) groups is 1. The molecule has 0 aliphatic heterocycles. The first-order valence-electron chi connectivity index (χ1n) is 5.77. The SMILES string of the molecule is CC(C)C(CCBr)NC(=O)c1ccc(Cl)cc1F. The molecule has 1 aromatic rings. The van der Waals surface area contributed by atoms with E-state index < -0.39 is 11.7 Å². The number of hydrogen-bond donors (Lipinski definition) is 1. The maximum absolute atomic E-state index is 13.6. The van der Waals surface area contributed by atoms with Crippen molar-refractivity contribution in [3.63, 3.8) is 0 Å². The zero-order valence-corrected chi connectivity index (χ0v) is 12.7. The Morgan fingerprint density at radius 3 is 2.67 bits per heavy atom. The van der Waals surface area contributed by atoms with E-state index in [0.717, 1.165) is 17.8 Å². The summed E-state index contributed by atoms with van der Waals surface area (Å²) in [6.07, 6.45) is 0.804. The number of halogens is 3. The van der Waals surface area contributed by atoms with Gasteiger partial charge in [0.25, 0.3) is 5.91 Å². The van der Waals surface area contributed by atoms with E-state index in [9.17, 15) is 9.18 Å². The first kappa shape index (κ1) is 15.4. The number of carbonyl (C=O) groups excluding carboxylic acids is 1. The highest BCUT2D eigenvalue weighted by Gasteiger charge is 2.18. The summed E-state index contributed by atoms with van der Waals surface area (Å²) in [7, 11) is 0. The molecule has 1 amide bonds. The van der Waals surface area contributed by atoms with Crippen molar-refractivity contribution < 1.29 is 9.18 Å². The summed E-state index contributed by atoms with van der Waals surface area (Å²) in [5.41, 5.74) is 0.0274. The zero-order chi connectivity index (χ0) is 13.7. The number of rotatable bonds is 5. The second kappa shape index (κ2) is 7.10. The van der Waals surface area contributed by atoms with Crippen molar-refractivity contribution in [1.82, 2.24) is 5.32 Å². The molecule has 0 radical (unpaired) electrons. The van der Waals surface area contributed by atoms with Crippen LogP contribution < -0.4 is 5.32 Å². The Hall–Kier alpha value is -0.610. The van der Waals surface area contributed by atoms with E-state index in [-0.39, 0.29) is 16.6 Å². The Balaban J connectivity index is 2.80. The minimum Gasteiger partial charge on any atom is -0.349 e. The lowest BCUT2D eigenvalue weighted by Crippen LogP contribution is -2.39. The quantitative estimate of drug-likeness (QED) is 0.809. The lowest BCUT2D eigenvalue weighted by atomic mass is 10.0. The van der Waals surface area contributed by atoms with Gasteiger partial charge in [-0.1, -0.05) is 41.4 Å². The molecule has 5 heteroatoms. The molecular weight excluding hydrogens is 321 g/mol. The third kappa shape index (κ3) is 4.25. The smallest absolute Gasteiger partial charge is 0.254 e. The van der Waals surface area contributed by atoms with E-state index in [2.05, 4.69) is 21.2 Å². The molecular formula is C13H16BrClFNO. The Bertz CT molecular complexity index is 425. The molecule has 1 atom stereocenters. The number of nitrogens with one attached hydrogen (secondary N) is 1. The Kier molecular flexibility index (Phi) is 6.09. The standard InChI is InChI=1S/C13H16BrClFNO/c1-8(2)12(5-6-14)17-13(18)10-4-3-9(15)7-11(10)16/h3-4,7-8,12H,5-6H2,1-2H3,(H,17,18).